The first-order valence-corrected chi connectivity index (χ1v) is 6.28. The number of H-pyrrole nitrogens is 1. The van der Waals surface area contributed by atoms with Crippen molar-refractivity contribution in [3.63, 3.8) is 0 Å². The van der Waals surface area contributed by atoms with E-state index in [4.69, 9.17) is 16.3 Å². The Hall–Kier alpha value is -2.13. The fourth-order valence-electron chi connectivity index (χ4n) is 1.99. The Balaban J connectivity index is 1.80. The zero-order valence-electron chi connectivity index (χ0n) is 10.1. The van der Waals surface area contributed by atoms with Gasteiger partial charge in [-0.1, -0.05) is 29.8 Å². The average molecular weight is 274 g/mol. The Morgan fingerprint density at radius 2 is 1.95 bits per heavy atom. The van der Waals surface area contributed by atoms with Crippen molar-refractivity contribution in [2.24, 2.45) is 0 Å². The van der Waals surface area contributed by atoms with E-state index in [9.17, 15) is 5.11 Å². The number of phenolic OH excluding ortho intramolecular Hbond substituents is 1. The minimum Gasteiger partial charge on any atom is -0.506 e. The molecule has 19 heavy (non-hydrogen) atoms. The van der Waals surface area contributed by atoms with Crippen LogP contribution in [0.1, 0.15) is 5.69 Å². The van der Waals surface area contributed by atoms with E-state index in [-0.39, 0.29) is 5.75 Å². The smallest absolute Gasteiger partial charge is 0.139 e. The lowest BCUT2D eigenvalue weighted by atomic mass is 10.2. The number of hydrogen-bond donors (Lipinski definition) is 2. The normalized spacial score (nSPS) is 10.8. The number of aromatic hydroxyl groups is 1. The number of benzene rings is 2. The number of ether oxygens (including phenoxy) is 1. The standard InChI is InChI=1S/C15H12ClNO2/c16-11-4-2-5-13(8-11)19-9-12-7-10-3-1-6-14(18)15(10)17-12/h1-8,17-18H,9H2. The summed E-state index contributed by atoms with van der Waals surface area (Å²) in [5.41, 5.74) is 1.63. The van der Waals surface area contributed by atoms with E-state index >= 15 is 0 Å². The summed E-state index contributed by atoms with van der Waals surface area (Å²) < 4.78 is 5.64. The van der Waals surface area contributed by atoms with Crippen LogP contribution in [0.5, 0.6) is 11.5 Å². The summed E-state index contributed by atoms with van der Waals surface area (Å²) in [5.74, 6) is 0.960. The number of fused-ring (bicyclic) bond motifs is 1. The Morgan fingerprint density at radius 1 is 1.11 bits per heavy atom. The predicted octanol–water partition coefficient (Wildman–Crippen LogP) is 4.11. The number of rotatable bonds is 3. The second kappa shape index (κ2) is 4.86. The van der Waals surface area contributed by atoms with E-state index in [1.165, 1.54) is 0 Å². The van der Waals surface area contributed by atoms with E-state index < -0.39 is 0 Å². The first-order chi connectivity index (χ1) is 9.22. The number of para-hydroxylation sites is 1. The molecule has 0 atom stereocenters. The first kappa shape index (κ1) is 11.9. The van der Waals surface area contributed by atoms with Crippen LogP contribution in [0.2, 0.25) is 5.02 Å². The lowest BCUT2D eigenvalue weighted by Crippen LogP contribution is -1.95. The monoisotopic (exact) mass is 273 g/mol. The van der Waals surface area contributed by atoms with Crippen molar-refractivity contribution in [3.05, 3.63) is 59.2 Å². The maximum atomic E-state index is 9.72. The highest BCUT2D eigenvalue weighted by Gasteiger charge is 2.05. The Labute approximate surface area is 115 Å². The summed E-state index contributed by atoms with van der Waals surface area (Å²) in [6.45, 7) is 0.397. The zero-order valence-corrected chi connectivity index (χ0v) is 10.8. The van der Waals surface area contributed by atoms with E-state index in [2.05, 4.69) is 4.98 Å². The largest absolute Gasteiger partial charge is 0.506 e. The summed E-state index contributed by atoms with van der Waals surface area (Å²) in [6.07, 6.45) is 0. The van der Waals surface area contributed by atoms with E-state index in [1.54, 1.807) is 18.2 Å². The molecule has 2 aromatic carbocycles. The molecule has 0 amide bonds. The van der Waals surface area contributed by atoms with Crippen molar-refractivity contribution in [2.75, 3.05) is 0 Å². The SMILES string of the molecule is Oc1cccc2cc(COc3cccc(Cl)c3)[nH]c12. The summed E-state index contributed by atoms with van der Waals surface area (Å²) in [7, 11) is 0. The molecular weight excluding hydrogens is 262 g/mol. The summed E-state index contributed by atoms with van der Waals surface area (Å²) in [6, 6.07) is 14.6. The van der Waals surface area contributed by atoms with Crippen molar-refractivity contribution in [2.45, 2.75) is 6.61 Å². The zero-order chi connectivity index (χ0) is 13.2. The highest BCUT2D eigenvalue weighted by Crippen LogP contribution is 2.25. The van der Waals surface area contributed by atoms with Gasteiger partial charge < -0.3 is 14.8 Å². The molecule has 0 radical (unpaired) electrons. The molecule has 0 aliphatic rings. The quantitative estimate of drug-likeness (QED) is 0.754. The topological polar surface area (TPSA) is 45.2 Å². The number of hydrogen-bond acceptors (Lipinski definition) is 2. The molecule has 2 N–H and O–H groups in total. The van der Waals surface area contributed by atoms with Gasteiger partial charge >= 0.3 is 0 Å². The van der Waals surface area contributed by atoms with Gasteiger partial charge in [-0.3, -0.25) is 0 Å². The van der Waals surface area contributed by atoms with Crippen LogP contribution < -0.4 is 4.74 Å². The van der Waals surface area contributed by atoms with Crippen LogP contribution >= 0.6 is 11.6 Å². The van der Waals surface area contributed by atoms with Crippen LogP contribution in [0.15, 0.2) is 48.5 Å². The number of aromatic nitrogens is 1. The van der Waals surface area contributed by atoms with Crippen molar-refractivity contribution in [1.29, 1.82) is 0 Å². The third-order valence-electron chi connectivity index (χ3n) is 2.88. The number of aromatic amines is 1. The molecule has 3 aromatic rings. The third-order valence-corrected chi connectivity index (χ3v) is 3.12. The summed E-state index contributed by atoms with van der Waals surface area (Å²) in [5, 5.41) is 11.3. The van der Waals surface area contributed by atoms with Crippen LogP contribution in [0.4, 0.5) is 0 Å². The van der Waals surface area contributed by atoms with Crippen LogP contribution in [-0.4, -0.2) is 10.1 Å². The highest BCUT2D eigenvalue weighted by atomic mass is 35.5. The number of nitrogens with one attached hydrogen (secondary N) is 1. The summed E-state index contributed by atoms with van der Waals surface area (Å²) >= 11 is 5.89. The van der Waals surface area contributed by atoms with Gasteiger partial charge in [0.25, 0.3) is 0 Å². The minimum atomic E-state index is 0.242. The summed E-state index contributed by atoms with van der Waals surface area (Å²) in [4.78, 5) is 3.14. The number of halogens is 1. The fourth-order valence-corrected chi connectivity index (χ4v) is 2.17. The minimum absolute atomic E-state index is 0.242. The molecule has 0 aliphatic heterocycles. The van der Waals surface area contributed by atoms with Gasteiger partial charge in [-0.15, -0.1) is 0 Å². The lowest BCUT2D eigenvalue weighted by Gasteiger charge is -2.04. The van der Waals surface area contributed by atoms with Gasteiger partial charge in [-0.2, -0.15) is 0 Å². The lowest BCUT2D eigenvalue weighted by molar-refractivity contribution is 0.302. The molecule has 0 unspecified atom stereocenters. The first-order valence-electron chi connectivity index (χ1n) is 5.90. The Bertz CT molecular complexity index is 721. The maximum Gasteiger partial charge on any atom is 0.139 e. The molecule has 0 saturated carbocycles. The highest BCUT2D eigenvalue weighted by molar-refractivity contribution is 6.30. The number of phenols is 1. The van der Waals surface area contributed by atoms with Crippen molar-refractivity contribution >= 4 is 22.5 Å². The molecule has 0 aliphatic carbocycles. The van der Waals surface area contributed by atoms with Crippen molar-refractivity contribution < 1.29 is 9.84 Å². The van der Waals surface area contributed by atoms with Gasteiger partial charge in [0.1, 0.15) is 18.1 Å². The second-order valence-corrected chi connectivity index (χ2v) is 4.72. The average Bonchev–Trinajstić information content (AvgIpc) is 2.81. The van der Waals surface area contributed by atoms with E-state index in [0.29, 0.717) is 11.6 Å². The molecule has 1 aromatic heterocycles. The van der Waals surface area contributed by atoms with Crippen LogP contribution in [0.25, 0.3) is 10.9 Å². The van der Waals surface area contributed by atoms with Crippen LogP contribution in [0.3, 0.4) is 0 Å². The van der Waals surface area contributed by atoms with Crippen LogP contribution in [0, 0.1) is 0 Å². The van der Waals surface area contributed by atoms with Crippen molar-refractivity contribution in [3.8, 4) is 11.5 Å². The molecule has 96 valence electrons. The van der Waals surface area contributed by atoms with Gasteiger partial charge in [0.05, 0.1) is 11.2 Å². The Kier molecular flexibility index (Phi) is 3.05. The maximum absolute atomic E-state index is 9.72. The van der Waals surface area contributed by atoms with Gasteiger partial charge in [-0.05, 0) is 30.3 Å². The molecule has 3 nitrogen and oxygen atoms in total. The van der Waals surface area contributed by atoms with E-state index in [1.807, 2.05) is 30.3 Å². The predicted molar refractivity (Wildman–Crippen MR) is 75.7 cm³/mol. The molecule has 0 bridgehead atoms. The van der Waals surface area contributed by atoms with Crippen LogP contribution in [-0.2, 0) is 6.61 Å². The molecule has 0 saturated heterocycles. The van der Waals surface area contributed by atoms with Gasteiger partial charge in [-0.25, -0.2) is 0 Å². The molecule has 0 spiro atoms. The molecule has 3 rings (SSSR count). The Morgan fingerprint density at radius 3 is 2.74 bits per heavy atom. The second-order valence-electron chi connectivity index (χ2n) is 4.28. The van der Waals surface area contributed by atoms with Gasteiger partial charge in [0, 0.05) is 10.4 Å². The fraction of sp³-hybridized carbons (Fsp3) is 0.0667. The van der Waals surface area contributed by atoms with Crippen molar-refractivity contribution in [1.82, 2.24) is 4.98 Å². The molecule has 1 heterocycles. The van der Waals surface area contributed by atoms with E-state index in [0.717, 1.165) is 22.3 Å². The van der Waals surface area contributed by atoms with Gasteiger partial charge in [0.15, 0.2) is 0 Å². The third kappa shape index (κ3) is 2.51. The molecule has 4 heteroatoms. The van der Waals surface area contributed by atoms with Gasteiger partial charge in [0.2, 0.25) is 0 Å². The molecular formula is C15H12ClNO2. The molecule has 0 fully saturated rings.